The third-order valence-corrected chi connectivity index (χ3v) is 4.45. The number of anilines is 1. The van der Waals surface area contributed by atoms with Crippen molar-refractivity contribution in [1.82, 2.24) is 5.32 Å². The van der Waals surface area contributed by atoms with E-state index >= 15 is 0 Å². The van der Waals surface area contributed by atoms with Crippen LogP contribution >= 0.6 is 15.9 Å². The Morgan fingerprint density at radius 2 is 1.85 bits per heavy atom. The topological polar surface area (TPSA) is 98.2 Å². The normalized spacial score (nSPS) is 22.2. The third-order valence-electron chi connectivity index (χ3n) is 3.72. The highest BCUT2D eigenvalue weighted by Crippen LogP contribution is 2.25. The Labute approximate surface area is 126 Å². The summed E-state index contributed by atoms with van der Waals surface area (Å²) in [6.07, 6.45) is 3.04. The number of benzene rings is 1. The number of amides is 2. The fourth-order valence-corrected chi connectivity index (χ4v) is 2.72. The van der Waals surface area contributed by atoms with Crippen molar-refractivity contribution in [3.63, 3.8) is 0 Å². The summed E-state index contributed by atoms with van der Waals surface area (Å²) in [6, 6.07) is 5.23. The van der Waals surface area contributed by atoms with Crippen LogP contribution in [0.5, 0.6) is 0 Å². The number of hydrogen-bond acceptors (Lipinski definition) is 3. The molecule has 5 N–H and O–H groups in total. The Morgan fingerprint density at radius 1 is 1.20 bits per heavy atom. The second-order valence-corrected chi connectivity index (χ2v) is 6.02. The lowest BCUT2D eigenvalue weighted by atomic mass is 9.85. The minimum Gasteiger partial charge on any atom is -0.398 e. The first kappa shape index (κ1) is 14.8. The largest absolute Gasteiger partial charge is 0.398 e. The van der Waals surface area contributed by atoms with Crippen molar-refractivity contribution in [2.75, 3.05) is 5.73 Å². The van der Waals surface area contributed by atoms with Gasteiger partial charge in [-0.3, -0.25) is 9.59 Å². The molecule has 2 amide bonds. The van der Waals surface area contributed by atoms with Gasteiger partial charge in [0.05, 0.1) is 0 Å². The maximum atomic E-state index is 12.1. The van der Waals surface area contributed by atoms with E-state index in [9.17, 15) is 9.59 Å². The molecule has 1 aliphatic carbocycles. The van der Waals surface area contributed by atoms with Gasteiger partial charge in [0.15, 0.2) is 0 Å². The van der Waals surface area contributed by atoms with Crippen LogP contribution in [0.15, 0.2) is 22.7 Å². The predicted octanol–water partition coefficient (Wildman–Crippen LogP) is 1.81. The molecule has 108 valence electrons. The summed E-state index contributed by atoms with van der Waals surface area (Å²) in [5, 5.41) is 2.98. The molecule has 1 fully saturated rings. The molecule has 20 heavy (non-hydrogen) atoms. The van der Waals surface area contributed by atoms with Gasteiger partial charge in [-0.05, 0) is 59.8 Å². The van der Waals surface area contributed by atoms with Crippen LogP contribution < -0.4 is 16.8 Å². The molecule has 0 heterocycles. The van der Waals surface area contributed by atoms with Crippen LogP contribution in [0.4, 0.5) is 5.69 Å². The highest BCUT2D eigenvalue weighted by molar-refractivity contribution is 9.10. The highest BCUT2D eigenvalue weighted by Gasteiger charge is 2.25. The van der Waals surface area contributed by atoms with Gasteiger partial charge in [0.25, 0.3) is 5.91 Å². The van der Waals surface area contributed by atoms with Crippen LogP contribution in [0.1, 0.15) is 36.0 Å². The van der Waals surface area contributed by atoms with Crippen molar-refractivity contribution in [3.05, 3.63) is 28.2 Å². The van der Waals surface area contributed by atoms with E-state index < -0.39 is 0 Å². The standard InChI is InChI=1S/C14H18BrN3O2/c15-11-6-3-9(7-12(11)16)14(20)18-10-4-1-8(2-5-10)13(17)19/h3,6-8,10H,1-2,4-5,16H2,(H2,17,19)(H,18,20). The number of carbonyl (C=O) groups is 2. The van der Waals surface area contributed by atoms with E-state index in [4.69, 9.17) is 11.5 Å². The second kappa shape index (κ2) is 6.26. The van der Waals surface area contributed by atoms with Crippen LogP contribution in [0.2, 0.25) is 0 Å². The maximum Gasteiger partial charge on any atom is 0.251 e. The molecule has 0 saturated heterocycles. The molecule has 0 bridgehead atoms. The molecule has 1 aliphatic rings. The van der Waals surface area contributed by atoms with Gasteiger partial charge in [0.1, 0.15) is 0 Å². The van der Waals surface area contributed by atoms with Gasteiger partial charge in [-0.15, -0.1) is 0 Å². The monoisotopic (exact) mass is 339 g/mol. The molecule has 1 saturated carbocycles. The first-order chi connectivity index (χ1) is 9.47. The Hall–Kier alpha value is -1.56. The number of hydrogen-bond donors (Lipinski definition) is 3. The Kier molecular flexibility index (Phi) is 4.65. The molecule has 0 atom stereocenters. The van der Waals surface area contributed by atoms with Crippen molar-refractivity contribution in [3.8, 4) is 0 Å². The van der Waals surface area contributed by atoms with Crippen LogP contribution in [0.3, 0.4) is 0 Å². The number of halogens is 1. The van der Waals surface area contributed by atoms with Gasteiger partial charge < -0.3 is 16.8 Å². The third kappa shape index (κ3) is 3.50. The molecule has 1 aromatic rings. The number of nitrogen functional groups attached to an aromatic ring is 1. The quantitative estimate of drug-likeness (QED) is 0.732. The molecule has 0 aliphatic heterocycles. The summed E-state index contributed by atoms with van der Waals surface area (Å²) >= 11 is 3.30. The van der Waals surface area contributed by atoms with E-state index in [2.05, 4.69) is 21.2 Å². The fraction of sp³-hybridized carbons (Fsp3) is 0.429. The molecule has 1 aromatic carbocycles. The van der Waals surface area contributed by atoms with Crippen LogP contribution in [-0.2, 0) is 4.79 Å². The van der Waals surface area contributed by atoms with E-state index in [-0.39, 0.29) is 23.8 Å². The number of carbonyl (C=O) groups excluding carboxylic acids is 2. The molecule has 2 rings (SSSR count). The summed E-state index contributed by atoms with van der Waals surface area (Å²) in [4.78, 5) is 23.2. The zero-order chi connectivity index (χ0) is 14.7. The predicted molar refractivity (Wildman–Crippen MR) is 81.0 cm³/mol. The van der Waals surface area contributed by atoms with Gasteiger partial charge in [-0.2, -0.15) is 0 Å². The van der Waals surface area contributed by atoms with Crippen LogP contribution in [0.25, 0.3) is 0 Å². The summed E-state index contributed by atoms with van der Waals surface area (Å²) in [6.45, 7) is 0. The Balaban J connectivity index is 1.92. The smallest absolute Gasteiger partial charge is 0.251 e. The van der Waals surface area contributed by atoms with Gasteiger partial charge in [0, 0.05) is 27.7 Å². The minimum atomic E-state index is -0.240. The number of nitrogens with one attached hydrogen (secondary N) is 1. The highest BCUT2D eigenvalue weighted by atomic mass is 79.9. The zero-order valence-electron chi connectivity index (χ0n) is 11.1. The first-order valence-electron chi connectivity index (χ1n) is 6.62. The molecule has 5 nitrogen and oxygen atoms in total. The zero-order valence-corrected chi connectivity index (χ0v) is 12.7. The average Bonchev–Trinajstić information content (AvgIpc) is 2.42. The van der Waals surface area contributed by atoms with Crippen molar-refractivity contribution >= 4 is 33.4 Å². The maximum absolute atomic E-state index is 12.1. The van der Waals surface area contributed by atoms with Gasteiger partial charge in [-0.25, -0.2) is 0 Å². The fourth-order valence-electron chi connectivity index (χ4n) is 2.48. The van der Waals surface area contributed by atoms with Gasteiger partial charge in [-0.1, -0.05) is 0 Å². The summed E-state index contributed by atoms with van der Waals surface area (Å²) in [5.74, 6) is -0.423. The van der Waals surface area contributed by atoms with Crippen molar-refractivity contribution < 1.29 is 9.59 Å². The molecule has 0 spiro atoms. The number of rotatable bonds is 3. The SMILES string of the molecule is NC(=O)C1CCC(NC(=O)c2ccc(Br)c(N)c2)CC1. The number of nitrogens with two attached hydrogens (primary N) is 2. The van der Waals surface area contributed by atoms with Crippen LogP contribution in [0, 0.1) is 5.92 Å². The lowest BCUT2D eigenvalue weighted by Gasteiger charge is -2.27. The van der Waals surface area contributed by atoms with E-state index in [1.165, 1.54) is 0 Å². The molecular weight excluding hydrogens is 322 g/mol. The lowest BCUT2D eigenvalue weighted by molar-refractivity contribution is -0.122. The molecule has 6 heteroatoms. The van der Waals surface area contributed by atoms with E-state index in [0.29, 0.717) is 11.3 Å². The molecule has 0 unspecified atom stereocenters. The van der Waals surface area contributed by atoms with Gasteiger partial charge in [0.2, 0.25) is 5.91 Å². The van der Waals surface area contributed by atoms with E-state index in [1.807, 2.05) is 0 Å². The minimum absolute atomic E-state index is 0.0496. The average molecular weight is 340 g/mol. The summed E-state index contributed by atoms with van der Waals surface area (Å²) < 4.78 is 0.774. The summed E-state index contributed by atoms with van der Waals surface area (Å²) in [5.41, 5.74) is 12.1. The summed E-state index contributed by atoms with van der Waals surface area (Å²) in [7, 11) is 0. The molecule has 0 radical (unpaired) electrons. The van der Waals surface area contributed by atoms with E-state index in [0.717, 1.165) is 30.2 Å². The van der Waals surface area contributed by atoms with Gasteiger partial charge >= 0.3 is 0 Å². The molecule has 0 aromatic heterocycles. The van der Waals surface area contributed by atoms with Crippen molar-refractivity contribution in [2.24, 2.45) is 11.7 Å². The Bertz CT molecular complexity index is 525. The lowest BCUT2D eigenvalue weighted by Crippen LogP contribution is -2.39. The number of primary amides is 1. The van der Waals surface area contributed by atoms with Crippen LogP contribution in [-0.4, -0.2) is 17.9 Å². The van der Waals surface area contributed by atoms with E-state index in [1.54, 1.807) is 18.2 Å². The Morgan fingerprint density at radius 3 is 2.40 bits per heavy atom. The first-order valence-corrected chi connectivity index (χ1v) is 7.42. The van der Waals surface area contributed by atoms with Crippen molar-refractivity contribution in [2.45, 2.75) is 31.7 Å². The van der Waals surface area contributed by atoms with Crippen molar-refractivity contribution in [1.29, 1.82) is 0 Å². The second-order valence-electron chi connectivity index (χ2n) is 5.16. The molecular formula is C14H18BrN3O2.